The van der Waals surface area contributed by atoms with Gasteiger partial charge in [0, 0.05) is 24.5 Å². The Hall–Kier alpha value is -1.89. The van der Waals surface area contributed by atoms with Gasteiger partial charge in [0.1, 0.15) is 0 Å². The molecule has 0 fully saturated rings. The maximum Gasteiger partial charge on any atom is 0.316 e. The van der Waals surface area contributed by atoms with E-state index in [-0.39, 0.29) is 11.7 Å². The number of pyridine rings is 1. The summed E-state index contributed by atoms with van der Waals surface area (Å²) in [6.07, 6.45) is 3.46. The van der Waals surface area contributed by atoms with Crippen molar-refractivity contribution in [3.8, 4) is 11.4 Å². The molecule has 0 aliphatic rings. The minimum atomic E-state index is -0.244. The summed E-state index contributed by atoms with van der Waals surface area (Å²) in [6.45, 7) is 4.92. The predicted molar refractivity (Wildman–Crippen MR) is 76.3 cm³/mol. The number of thioether (sulfide) groups is 1. The smallest absolute Gasteiger partial charge is 0.316 e. The van der Waals surface area contributed by atoms with Crippen LogP contribution >= 0.6 is 11.8 Å². The van der Waals surface area contributed by atoms with E-state index in [4.69, 9.17) is 4.74 Å². The van der Waals surface area contributed by atoms with Crippen LogP contribution in [0.4, 0.5) is 0 Å². The number of carbonyl (C=O) groups is 1. The van der Waals surface area contributed by atoms with E-state index < -0.39 is 0 Å². The second-order valence-electron chi connectivity index (χ2n) is 3.89. The summed E-state index contributed by atoms with van der Waals surface area (Å²) >= 11 is 1.33. The summed E-state index contributed by atoms with van der Waals surface area (Å²) in [7, 11) is 0. The van der Waals surface area contributed by atoms with Gasteiger partial charge in [-0.3, -0.25) is 9.78 Å². The molecule has 0 spiro atoms. The number of nitrogens with zero attached hydrogens (tertiary/aromatic N) is 4. The lowest BCUT2D eigenvalue weighted by Crippen LogP contribution is -2.08. The molecule has 106 valence electrons. The molecule has 0 bridgehead atoms. The molecule has 2 aromatic rings. The van der Waals surface area contributed by atoms with Gasteiger partial charge in [0.2, 0.25) is 0 Å². The van der Waals surface area contributed by atoms with Crippen LogP contribution in [0.2, 0.25) is 0 Å². The third kappa shape index (κ3) is 3.36. The summed E-state index contributed by atoms with van der Waals surface area (Å²) in [4.78, 5) is 15.5. The van der Waals surface area contributed by atoms with Crippen LogP contribution in [0.3, 0.4) is 0 Å². The topological polar surface area (TPSA) is 69.9 Å². The molecule has 0 saturated heterocycles. The van der Waals surface area contributed by atoms with Crippen LogP contribution in [0.25, 0.3) is 11.4 Å². The number of carbonyl (C=O) groups excluding carboxylic acids is 1. The maximum atomic E-state index is 11.4. The van der Waals surface area contributed by atoms with E-state index in [1.807, 2.05) is 23.6 Å². The summed E-state index contributed by atoms with van der Waals surface area (Å²) in [5, 5.41) is 9.02. The summed E-state index contributed by atoms with van der Waals surface area (Å²) < 4.78 is 6.86. The van der Waals surface area contributed by atoms with E-state index in [9.17, 15) is 4.79 Å². The predicted octanol–water partition coefficient (Wildman–Crippen LogP) is 2.02. The Labute approximate surface area is 121 Å². The van der Waals surface area contributed by atoms with E-state index in [0.717, 1.165) is 17.9 Å². The molecule has 0 N–H and O–H groups in total. The number of rotatable bonds is 6. The van der Waals surface area contributed by atoms with Crippen LogP contribution in [-0.4, -0.2) is 38.1 Å². The Morgan fingerprint density at radius 1 is 1.40 bits per heavy atom. The number of hydrogen-bond acceptors (Lipinski definition) is 6. The second-order valence-corrected chi connectivity index (χ2v) is 4.83. The normalized spacial score (nSPS) is 10.5. The third-order valence-electron chi connectivity index (χ3n) is 2.58. The zero-order valence-corrected chi connectivity index (χ0v) is 12.3. The second kappa shape index (κ2) is 7.04. The van der Waals surface area contributed by atoms with Gasteiger partial charge in [0.15, 0.2) is 11.0 Å². The van der Waals surface area contributed by atoms with E-state index in [1.165, 1.54) is 11.8 Å². The molecule has 2 aromatic heterocycles. The van der Waals surface area contributed by atoms with E-state index in [0.29, 0.717) is 11.8 Å². The molecule has 0 unspecified atom stereocenters. The Kier molecular flexibility index (Phi) is 5.11. The first-order chi connectivity index (χ1) is 9.76. The fourth-order valence-corrected chi connectivity index (χ4v) is 2.52. The van der Waals surface area contributed by atoms with Crippen LogP contribution in [-0.2, 0) is 16.1 Å². The maximum absolute atomic E-state index is 11.4. The highest BCUT2D eigenvalue weighted by molar-refractivity contribution is 7.99. The SMILES string of the molecule is CCOC(=O)CSc1nnc(-c2cccnc2)n1CC. The van der Waals surface area contributed by atoms with Gasteiger partial charge in [0.25, 0.3) is 0 Å². The quantitative estimate of drug-likeness (QED) is 0.599. The molecule has 20 heavy (non-hydrogen) atoms. The Morgan fingerprint density at radius 3 is 2.90 bits per heavy atom. The minimum absolute atomic E-state index is 0.235. The van der Waals surface area contributed by atoms with Crippen LogP contribution in [0.5, 0.6) is 0 Å². The zero-order chi connectivity index (χ0) is 14.4. The summed E-state index contributed by atoms with van der Waals surface area (Å²) in [5.74, 6) is 0.747. The van der Waals surface area contributed by atoms with Gasteiger partial charge in [-0.1, -0.05) is 11.8 Å². The van der Waals surface area contributed by atoms with Crippen molar-refractivity contribution in [2.45, 2.75) is 25.5 Å². The summed E-state index contributed by atoms with van der Waals surface area (Å²) in [5.41, 5.74) is 0.907. The molecule has 7 heteroatoms. The highest BCUT2D eigenvalue weighted by Gasteiger charge is 2.14. The van der Waals surface area contributed by atoms with Crippen LogP contribution in [0, 0.1) is 0 Å². The first-order valence-corrected chi connectivity index (χ1v) is 7.36. The van der Waals surface area contributed by atoms with Gasteiger partial charge >= 0.3 is 5.97 Å². The summed E-state index contributed by atoms with van der Waals surface area (Å²) in [6, 6.07) is 3.79. The molecular weight excluding hydrogens is 276 g/mol. The molecule has 0 radical (unpaired) electrons. The fraction of sp³-hybridized carbons (Fsp3) is 0.385. The molecule has 0 aliphatic heterocycles. The van der Waals surface area contributed by atoms with Crippen molar-refractivity contribution in [1.82, 2.24) is 19.7 Å². The van der Waals surface area contributed by atoms with Crippen molar-refractivity contribution in [3.05, 3.63) is 24.5 Å². The van der Waals surface area contributed by atoms with Crippen LogP contribution in [0.15, 0.2) is 29.7 Å². The van der Waals surface area contributed by atoms with Crippen molar-refractivity contribution in [1.29, 1.82) is 0 Å². The minimum Gasteiger partial charge on any atom is -0.465 e. The molecule has 6 nitrogen and oxygen atoms in total. The lowest BCUT2D eigenvalue weighted by Gasteiger charge is -2.06. The van der Waals surface area contributed by atoms with Crippen molar-refractivity contribution in [2.75, 3.05) is 12.4 Å². The Morgan fingerprint density at radius 2 is 2.25 bits per heavy atom. The zero-order valence-electron chi connectivity index (χ0n) is 11.4. The van der Waals surface area contributed by atoms with Gasteiger partial charge in [-0.05, 0) is 26.0 Å². The van der Waals surface area contributed by atoms with Gasteiger partial charge in [-0.2, -0.15) is 0 Å². The Balaban J connectivity index is 2.16. The van der Waals surface area contributed by atoms with Crippen molar-refractivity contribution in [3.63, 3.8) is 0 Å². The molecule has 2 rings (SSSR count). The van der Waals surface area contributed by atoms with Crippen molar-refractivity contribution >= 4 is 17.7 Å². The van der Waals surface area contributed by atoms with E-state index in [1.54, 1.807) is 19.3 Å². The van der Waals surface area contributed by atoms with E-state index in [2.05, 4.69) is 15.2 Å². The van der Waals surface area contributed by atoms with Gasteiger partial charge in [-0.25, -0.2) is 0 Å². The fourth-order valence-electron chi connectivity index (χ4n) is 1.72. The van der Waals surface area contributed by atoms with Crippen molar-refractivity contribution < 1.29 is 9.53 Å². The van der Waals surface area contributed by atoms with E-state index >= 15 is 0 Å². The third-order valence-corrected chi connectivity index (χ3v) is 3.52. The number of aromatic nitrogens is 4. The number of hydrogen-bond donors (Lipinski definition) is 0. The highest BCUT2D eigenvalue weighted by Crippen LogP contribution is 2.23. The standard InChI is InChI=1S/C13H16N4O2S/c1-3-17-12(10-6-5-7-14-8-10)15-16-13(17)20-9-11(18)19-4-2/h5-8H,3-4,9H2,1-2H3. The number of ether oxygens (including phenoxy) is 1. The monoisotopic (exact) mass is 292 g/mol. The Bertz CT molecular complexity index is 571. The molecule has 0 saturated carbocycles. The van der Waals surface area contributed by atoms with Crippen LogP contribution < -0.4 is 0 Å². The van der Waals surface area contributed by atoms with Crippen LogP contribution in [0.1, 0.15) is 13.8 Å². The molecule has 2 heterocycles. The lowest BCUT2D eigenvalue weighted by molar-refractivity contribution is -0.139. The largest absolute Gasteiger partial charge is 0.465 e. The lowest BCUT2D eigenvalue weighted by atomic mass is 10.3. The average molecular weight is 292 g/mol. The first kappa shape index (κ1) is 14.5. The number of esters is 1. The van der Waals surface area contributed by atoms with Gasteiger partial charge < -0.3 is 9.30 Å². The molecule has 0 aromatic carbocycles. The molecule has 0 aliphatic carbocycles. The highest BCUT2D eigenvalue weighted by atomic mass is 32.2. The first-order valence-electron chi connectivity index (χ1n) is 6.38. The molecule has 0 atom stereocenters. The van der Waals surface area contributed by atoms with Crippen molar-refractivity contribution in [2.24, 2.45) is 0 Å². The molecular formula is C13H16N4O2S. The molecule has 0 amide bonds. The van der Waals surface area contributed by atoms with Gasteiger partial charge in [-0.15, -0.1) is 10.2 Å². The van der Waals surface area contributed by atoms with Gasteiger partial charge in [0.05, 0.1) is 12.4 Å². The average Bonchev–Trinajstić information content (AvgIpc) is 2.89.